The molecule has 4 heteroatoms. The van der Waals surface area contributed by atoms with Gasteiger partial charge < -0.3 is 9.47 Å². The van der Waals surface area contributed by atoms with E-state index in [-0.39, 0.29) is 18.2 Å². The zero-order valence-electron chi connectivity index (χ0n) is 14.8. The first kappa shape index (κ1) is 18.0. The molecule has 1 aliphatic heterocycles. The fourth-order valence-electron chi connectivity index (χ4n) is 3.85. The Balaban J connectivity index is 0.00000182. The number of fused-ring (bicyclic) bond motifs is 3. The van der Waals surface area contributed by atoms with Crippen molar-refractivity contribution < 1.29 is 4.39 Å². The second kappa shape index (κ2) is 7.19. The maximum absolute atomic E-state index is 13.1. The van der Waals surface area contributed by atoms with Crippen molar-refractivity contribution in [1.82, 2.24) is 9.47 Å². The van der Waals surface area contributed by atoms with Crippen molar-refractivity contribution in [3.05, 3.63) is 70.7 Å². The molecule has 0 fully saturated rings. The molecule has 1 aromatic heterocycles. The molecule has 0 spiro atoms. The van der Waals surface area contributed by atoms with Gasteiger partial charge >= 0.3 is 0 Å². The molecule has 0 aliphatic carbocycles. The van der Waals surface area contributed by atoms with Crippen LogP contribution in [0.25, 0.3) is 10.9 Å². The van der Waals surface area contributed by atoms with Gasteiger partial charge in [-0.3, -0.25) is 0 Å². The molecular weight excluding hydrogens is 335 g/mol. The number of nitrogens with zero attached hydrogens (tertiary/aromatic N) is 2. The lowest BCUT2D eigenvalue weighted by Crippen LogP contribution is -2.27. The molecule has 132 valence electrons. The van der Waals surface area contributed by atoms with Crippen LogP contribution in [0.2, 0.25) is 0 Å². The summed E-state index contributed by atoms with van der Waals surface area (Å²) in [6.45, 7) is 5.25. The third kappa shape index (κ3) is 3.44. The largest absolute Gasteiger partial charge is 0.344 e. The van der Waals surface area contributed by atoms with E-state index in [2.05, 4.69) is 41.6 Å². The van der Waals surface area contributed by atoms with Crippen molar-refractivity contribution in [3.8, 4) is 0 Å². The van der Waals surface area contributed by atoms with Gasteiger partial charge in [-0.1, -0.05) is 23.8 Å². The van der Waals surface area contributed by atoms with Gasteiger partial charge in [-0.05, 0) is 55.8 Å². The molecule has 0 saturated heterocycles. The van der Waals surface area contributed by atoms with E-state index in [0.717, 1.165) is 32.5 Å². The molecule has 0 radical (unpaired) electrons. The van der Waals surface area contributed by atoms with Crippen molar-refractivity contribution in [3.63, 3.8) is 0 Å². The Labute approximate surface area is 154 Å². The zero-order chi connectivity index (χ0) is 16.7. The van der Waals surface area contributed by atoms with Crippen LogP contribution in [0.1, 0.15) is 22.4 Å². The third-order valence-electron chi connectivity index (χ3n) is 5.14. The van der Waals surface area contributed by atoms with E-state index in [0.29, 0.717) is 0 Å². The zero-order valence-corrected chi connectivity index (χ0v) is 15.6. The van der Waals surface area contributed by atoms with Crippen molar-refractivity contribution in [2.75, 3.05) is 13.6 Å². The molecule has 0 bridgehead atoms. The Bertz CT molecular complexity index is 883. The van der Waals surface area contributed by atoms with E-state index < -0.39 is 0 Å². The normalized spacial score (nSPS) is 14.4. The molecule has 2 aromatic carbocycles. The summed E-state index contributed by atoms with van der Waals surface area (Å²) in [6, 6.07) is 13.7. The van der Waals surface area contributed by atoms with Crippen molar-refractivity contribution in [2.45, 2.75) is 32.9 Å². The highest BCUT2D eigenvalue weighted by molar-refractivity contribution is 5.86. The average Bonchev–Trinajstić information content (AvgIpc) is 2.87. The third-order valence-corrected chi connectivity index (χ3v) is 5.14. The molecule has 25 heavy (non-hydrogen) atoms. The summed E-state index contributed by atoms with van der Waals surface area (Å²) in [6.07, 6.45) is 2.03. The minimum atomic E-state index is -0.166. The molecule has 2 nitrogen and oxygen atoms in total. The topological polar surface area (TPSA) is 8.17 Å². The van der Waals surface area contributed by atoms with Crippen LogP contribution in [0.3, 0.4) is 0 Å². The first-order valence-electron chi connectivity index (χ1n) is 8.65. The molecule has 0 saturated carbocycles. The molecule has 0 atom stereocenters. The van der Waals surface area contributed by atoms with Crippen LogP contribution in [-0.2, 0) is 25.9 Å². The SMILES string of the molecule is Cc1ccc2c(c1)c1c(n2CCc2ccc(F)cc2)CCN(C)C1.Cl. The highest BCUT2D eigenvalue weighted by Crippen LogP contribution is 2.31. The predicted molar refractivity (Wildman–Crippen MR) is 104 cm³/mol. The van der Waals surface area contributed by atoms with Gasteiger partial charge in [0.05, 0.1) is 0 Å². The van der Waals surface area contributed by atoms with Gasteiger partial charge in [0.15, 0.2) is 0 Å². The number of benzene rings is 2. The van der Waals surface area contributed by atoms with Gasteiger partial charge in [0.25, 0.3) is 0 Å². The summed E-state index contributed by atoms with van der Waals surface area (Å²) in [5.74, 6) is -0.166. The lowest BCUT2D eigenvalue weighted by atomic mass is 10.0. The van der Waals surface area contributed by atoms with Crippen LogP contribution < -0.4 is 0 Å². The minimum Gasteiger partial charge on any atom is -0.344 e. The first-order valence-corrected chi connectivity index (χ1v) is 8.65. The maximum atomic E-state index is 13.1. The Hall–Kier alpha value is -1.84. The second-order valence-electron chi connectivity index (χ2n) is 6.96. The van der Waals surface area contributed by atoms with Gasteiger partial charge in [0, 0.05) is 42.7 Å². The van der Waals surface area contributed by atoms with Crippen molar-refractivity contribution in [2.24, 2.45) is 0 Å². The fraction of sp³-hybridized carbons (Fsp3) is 0.333. The molecule has 1 aliphatic rings. The van der Waals surface area contributed by atoms with Crippen LogP contribution in [-0.4, -0.2) is 23.1 Å². The van der Waals surface area contributed by atoms with Crippen molar-refractivity contribution in [1.29, 1.82) is 0 Å². The number of likely N-dealkylation sites (N-methyl/N-ethyl adjacent to an activating group) is 1. The van der Waals surface area contributed by atoms with Crippen LogP contribution in [0.4, 0.5) is 4.39 Å². The first-order chi connectivity index (χ1) is 11.6. The lowest BCUT2D eigenvalue weighted by Gasteiger charge is -2.24. The van der Waals surface area contributed by atoms with Gasteiger partial charge in [0.1, 0.15) is 5.82 Å². The number of hydrogen-bond acceptors (Lipinski definition) is 1. The van der Waals surface area contributed by atoms with E-state index in [9.17, 15) is 4.39 Å². The Morgan fingerprint density at radius 3 is 2.60 bits per heavy atom. The number of hydrogen-bond donors (Lipinski definition) is 0. The number of aryl methyl sites for hydroxylation is 3. The standard InChI is InChI=1S/C21H23FN2.ClH/c1-15-3-8-20-18(13-15)19-14-23(2)11-10-21(19)24(20)12-9-16-4-6-17(22)7-5-16;/h3-8,13H,9-12,14H2,1-2H3;1H. The number of aromatic nitrogens is 1. The Morgan fingerprint density at radius 2 is 1.84 bits per heavy atom. The Morgan fingerprint density at radius 1 is 1.08 bits per heavy atom. The van der Waals surface area contributed by atoms with Crippen LogP contribution >= 0.6 is 12.4 Å². The highest BCUT2D eigenvalue weighted by atomic mass is 35.5. The summed E-state index contributed by atoms with van der Waals surface area (Å²) < 4.78 is 15.6. The summed E-state index contributed by atoms with van der Waals surface area (Å²) in [5, 5.41) is 1.40. The summed E-state index contributed by atoms with van der Waals surface area (Å²) in [5.41, 5.74) is 6.81. The molecule has 2 heterocycles. The average molecular weight is 359 g/mol. The quantitative estimate of drug-likeness (QED) is 0.656. The van der Waals surface area contributed by atoms with E-state index in [1.54, 1.807) is 12.1 Å². The van der Waals surface area contributed by atoms with E-state index in [1.807, 2.05) is 12.1 Å². The maximum Gasteiger partial charge on any atom is 0.123 e. The second-order valence-corrected chi connectivity index (χ2v) is 6.96. The summed E-state index contributed by atoms with van der Waals surface area (Å²) >= 11 is 0. The van der Waals surface area contributed by atoms with E-state index in [4.69, 9.17) is 0 Å². The monoisotopic (exact) mass is 358 g/mol. The van der Waals surface area contributed by atoms with Crippen LogP contribution in [0.15, 0.2) is 42.5 Å². The molecule has 0 unspecified atom stereocenters. The number of rotatable bonds is 3. The predicted octanol–water partition coefficient (Wildman–Crippen LogP) is 4.74. The highest BCUT2D eigenvalue weighted by Gasteiger charge is 2.22. The molecule has 3 aromatic rings. The van der Waals surface area contributed by atoms with Gasteiger partial charge in [0.2, 0.25) is 0 Å². The molecule has 0 N–H and O–H groups in total. The van der Waals surface area contributed by atoms with Crippen LogP contribution in [0.5, 0.6) is 0 Å². The minimum absolute atomic E-state index is 0. The summed E-state index contributed by atoms with van der Waals surface area (Å²) in [4.78, 5) is 2.40. The molecule has 0 amide bonds. The van der Waals surface area contributed by atoms with Gasteiger partial charge in [-0.2, -0.15) is 0 Å². The fourth-order valence-corrected chi connectivity index (χ4v) is 3.85. The molecule has 4 rings (SSSR count). The summed E-state index contributed by atoms with van der Waals surface area (Å²) in [7, 11) is 2.19. The Kier molecular flexibility index (Phi) is 5.16. The lowest BCUT2D eigenvalue weighted by molar-refractivity contribution is 0.309. The smallest absolute Gasteiger partial charge is 0.123 e. The molecular formula is C21H24ClFN2. The number of halogens is 2. The van der Waals surface area contributed by atoms with Gasteiger partial charge in [-0.25, -0.2) is 4.39 Å². The van der Waals surface area contributed by atoms with E-state index >= 15 is 0 Å². The van der Waals surface area contributed by atoms with Gasteiger partial charge in [-0.15, -0.1) is 12.4 Å². The van der Waals surface area contributed by atoms with Crippen LogP contribution in [0, 0.1) is 12.7 Å². The van der Waals surface area contributed by atoms with Crippen molar-refractivity contribution >= 4 is 23.3 Å². The van der Waals surface area contributed by atoms with E-state index in [1.165, 1.54) is 33.3 Å².